The van der Waals surface area contributed by atoms with Gasteiger partial charge in [-0.2, -0.15) is 0 Å². The number of carbonyl (C=O) groups excluding carboxylic acids is 1. The van der Waals surface area contributed by atoms with Gasteiger partial charge in [-0.15, -0.1) is 0 Å². The van der Waals surface area contributed by atoms with E-state index in [9.17, 15) is 4.79 Å². The molecule has 1 aliphatic carbocycles. The quantitative estimate of drug-likeness (QED) is 0.839. The number of nitrogens with zero attached hydrogens (tertiary/aromatic N) is 1. The van der Waals surface area contributed by atoms with Gasteiger partial charge in [0.1, 0.15) is 5.60 Å². The maximum absolute atomic E-state index is 12.0. The monoisotopic (exact) mass is 255 g/mol. The Morgan fingerprint density at radius 1 is 1.39 bits per heavy atom. The van der Waals surface area contributed by atoms with E-state index in [0.29, 0.717) is 17.9 Å². The second-order valence-corrected chi connectivity index (χ2v) is 6.54. The Kier molecular flexibility index (Phi) is 3.85. The molecule has 18 heavy (non-hydrogen) atoms. The normalized spacial score (nSPS) is 25.6. The van der Waals surface area contributed by atoms with Gasteiger partial charge in [0.15, 0.2) is 0 Å². The average Bonchev–Trinajstić information content (AvgIpc) is 2.94. The number of amides is 1. The average molecular weight is 255 g/mol. The Bertz CT molecular complexity index is 307. The molecule has 0 spiro atoms. The Balaban J connectivity index is 1.91. The summed E-state index contributed by atoms with van der Waals surface area (Å²) in [6, 6.07) is 0.291. The zero-order chi connectivity index (χ0) is 13.3. The highest BCUT2D eigenvalue weighted by molar-refractivity contribution is 5.69. The van der Waals surface area contributed by atoms with Gasteiger partial charge in [0.05, 0.1) is 0 Å². The zero-order valence-electron chi connectivity index (χ0n) is 11.7. The van der Waals surface area contributed by atoms with E-state index in [2.05, 4.69) is 0 Å². The van der Waals surface area contributed by atoms with Crippen LogP contribution in [0.5, 0.6) is 0 Å². The van der Waals surface area contributed by atoms with E-state index in [0.717, 1.165) is 19.4 Å². The lowest BCUT2D eigenvalue weighted by Gasteiger charge is -2.45. The molecule has 0 bridgehead atoms. The number of rotatable bonds is 4. The summed E-state index contributed by atoms with van der Waals surface area (Å²) in [4.78, 5) is 13.9. The molecule has 2 fully saturated rings. The molecule has 2 atom stereocenters. The van der Waals surface area contributed by atoms with E-state index >= 15 is 0 Å². The minimum Gasteiger partial charge on any atom is -0.444 e. The molecule has 1 saturated carbocycles. The van der Waals surface area contributed by atoms with Gasteiger partial charge in [-0.3, -0.25) is 0 Å². The van der Waals surface area contributed by atoms with Gasteiger partial charge in [-0.05, 0) is 58.3 Å². The van der Waals surface area contributed by atoms with Crippen molar-refractivity contribution in [2.45, 2.75) is 58.1 Å². The summed E-state index contributed by atoms with van der Waals surface area (Å²) in [6.45, 7) is 6.71. The summed E-state index contributed by atoms with van der Waals surface area (Å²) in [6.07, 6.45) is 4.18. The maximum Gasteiger partial charge on any atom is 0.410 e. The summed E-state index contributed by atoms with van der Waals surface area (Å²) in [7, 11) is 0. The molecular formula is C14H25NO3. The molecule has 0 aromatic rings. The van der Waals surface area contributed by atoms with Gasteiger partial charge in [-0.1, -0.05) is 0 Å². The van der Waals surface area contributed by atoms with Crippen LogP contribution in [-0.2, 0) is 4.74 Å². The fraction of sp³-hybridized carbons (Fsp3) is 0.929. The highest BCUT2D eigenvalue weighted by atomic mass is 16.6. The number of aliphatic hydroxyl groups excluding tert-OH is 1. The van der Waals surface area contributed by atoms with Crippen LogP contribution in [0.3, 0.4) is 0 Å². The number of ether oxygens (including phenoxy) is 1. The molecule has 2 aliphatic rings. The van der Waals surface area contributed by atoms with E-state index in [1.807, 2.05) is 25.7 Å². The lowest BCUT2D eigenvalue weighted by Crippen LogP contribution is -2.56. The number of carbonyl (C=O) groups is 1. The van der Waals surface area contributed by atoms with Crippen LogP contribution in [-0.4, -0.2) is 40.9 Å². The van der Waals surface area contributed by atoms with Gasteiger partial charge >= 0.3 is 6.09 Å². The van der Waals surface area contributed by atoms with E-state index in [1.165, 1.54) is 12.8 Å². The Morgan fingerprint density at radius 2 is 2.06 bits per heavy atom. The molecular weight excluding hydrogens is 230 g/mol. The molecule has 4 heteroatoms. The van der Waals surface area contributed by atoms with Gasteiger partial charge < -0.3 is 14.7 Å². The minimum atomic E-state index is -0.427. The molecule has 1 heterocycles. The van der Waals surface area contributed by atoms with Crippen LogP contribution in [0.2, 0.25) is 0 Å². The second kappa shape index (κ2) is 5.08. The first kappa shape index (κ1) is 13.7. The lowest BCUT2D eigenvalue weighted by atomic mass is 9.84. The van der Waals surface area contributed by atoms with E-state index in [1.54, 1.807) is 0 Å². The summed E-state index contributed by atoms with van der Waals surface area (Å²) >= 11 is 0. The van der Waals surface area contributed by atoms with E-state index < -0.39 is 5.60 Å². The van der Waals surface area contributed by atoms with Crippen molar-refractivity contribution in [2.75, 3.05) is 13.2 Å². The van der Waals surface area contributed by atoms with Crippen molar-refractivity contribution in [2.24, 2.45) is 11.8 Å². The van der Waals surface area contributed by atoms with Crippen molar-refractivity contribution < 1.29 is 14.6 Å². The van der Waals surface area contributed by atoms with Gasteiger partial charge in [0, 0.05) is 19.2 Å². The molecule has 4 nitrogen and oxygen atoms in total. The first-order chi connectivity index (χ1) is 8.42. The van der Waals surface area contributed by atoms with Crippen LogP contribution in [0.1, 0.15) is 46.5 Å². The third-order valence-electron chi connectivity index (χ3n) is 3.88. The standard InChI is InChI=1S/C14H25NO3/c1-14(2,3)18-13(17)15-8-6-12(15)11(7-9-16)10-4-5-10/h10-12,16H,4-9H2,1-3H3. The second-order valence-electron chi connectivity index (χ2n) is 6.54. The highest BCUT2D eigenvalue weighted by Crippen LogP contribution is 2.44. The molecule has 2 rings (SSSR count). The summed E-state index contributed by atoms with van der Waals surface area (Å²) in [5.74, 6) is 1.18. The van der Waals surface area contributed by atoms with Crippen molar-refractivity contribution in [1.29, 1.82) is 0 Å². The largest absolute Gasteiger partial charge is 0.444 e. The van der Waals surface area contributed by atoms with Crippen molar-refractivity contribution in [3.63, 3.8) is 0 Å². The molecule has 104 valence electrons. The molecule has 1 N–H and O–H groups in total. The number of aliphatic hydroxyl groups is 1. The SMILES string of the molecule is CC(C)(C)OC(=O)N1CCC1C(CCO)C1CC1. The van der Waals surface area contributed by atoms with Crippen LogP contribution < -0.4 is 0 Å². The van der Waals surface area contributed by atoms with E-state index in [4.69, 9.17) is 9.84 Å². The number of hydrogen-bond donors (Lipinski definition) is 1. The first-order valence-corrected chi connectivity index (χ1v) is 7.03. The van der Waals surface area contributed by atoms with Crippen LogP contribution in [0.4, 0.5) is 4.79 Å². The number of hydrogen-bond acceptors (Lipinski definition) is 3. The lowest BCUT2D eigenvalue weighted by molar-refractivity contribution is -0.0233. The maximum atomic E-state index is 12.0. The van der Waals surface area contributed by atoms with Crippen molar-refractivity contribution >= 4 is 6.09 Å². The predicted molar refractivity (Wildman–Crippen MR) is 69.3 cm³/mol. The van der Waals surface area contributed by atoms with Crippen LogP contribution in [0.15, 0.2) is 0 Å². The topological polar surface area (TPSA) is 49.8 Å². The molecule has 0 aromatic carbocycles. The van der Waals surface area contributed by atoms with Crippen LogP contribution in [0, 0.1) is 11.8 Å². The fourth-order valence-electron chi connectivity index (χ4n) is 2.82. The smallest absolute Gasteiger partial charge is 0.410 e. The van der Waals surface area contributed by atoms with Crippen molar-refractivity contribution in [3.05, 3.63) is 0 Å². The van der Waals surface area contributed by atoms with Gasteiger partial charge in [0.2, 0.25) is 0 Å². The van der Waals surface area contributed by atoms with Crippen molar-refractivity contribution in [3.8, 4) is 0 Å². The predicted octanol–water partition coefficient (Wildman–Crippen LogP) is 2.40. The minimum absolute atomic E-state index is 0.192. The Hall–Kier alpha value is -0.770. The summed E-state index contributed by atoms with van der Waals surface area (Å²) < 4.78 is 5.42. The summed E-state index contributed by atoms with van der Waals surface area (Å²) in [5, 5.41) is 9.16. The zero-order valence-corrected chi connectivity index (χ0v) is 11.7. The molecule has 0 radical (unpaired) electrons. The Morgan fingerprint density at radius 3 is 2.44 bits per heavy atom. The van der Waals surface area contributed by atoms with Crippen molar-refractivity contribution in [1.82, 2.24) is 4.90 Å². The molecule has 1 aliphatic heterocycles. The third kappa shape index (κ3) is 3.16. The van der Waals surface area contributed by atoms with Crippen LogP contribution in [0.25, 0.3) is 0 Å². The first-order valence-electron chi connectivity index (χ1n) is 7.03. The fourth-order valence-corrected chi connectivity index (χ4v) is 2.82. The van der Waals surface area contributed by atoms with E-state index in [-0.39, 0.29) is 12.7 Å². The molecule has 0 aromatic heterocycles. The third-order valence-corrected chi connectivity index (χ3v) is 3.88. The molecule has 2 unspecified atom stereocenters. The highest BCUT2D eigenvalue weighted by Gasteiger charge is 2.45. The number of likely N-dealkylation sites (tertiary alicyclic amines) is 1. The molecule has 1 amide bonds. The van der Waals surface area contributed by atoms with Crippen LogP contribution >= 0.6 is 0 Å². The molecule has 1 saturated heterocycles. The summed E-state index contributed by atoms with van der Waals surface area (Å²) in [5.41, 5.74) is -0.427. The Labute approximate surface area is 109 Å². The van der Waals surface area contributed by atoms with Gasteiger partial charge in [-0.25, -0.2) is 4.79 Å². The van der Waals surface area contributed by atoms with Gasteiger partial charge in [0.25, 0.3) is 0 Å².